The SMILES string of the molecule is CC(O)Cc1nncs1. The van der Waals surface area contributed by atoms with Gasteiger partial charge < -0.3 is 5.11 Å². The van der Waals surface area contributed by atoms with Gasteiger partial charge in [0.1, 0.15) is 10.5 Å². The predicted octanol–water partition coefficient (Wildman–Crippen LogP) is 0.461. The van der Waals surface area contributed by atoms with E-state index in [2.05, 4.69) is 10.2 Å². The van der Waals surface area contributed by atoms with E-state index in [1.54, 1.807) is 12.4 Å². The summed E-state index contributed by atoms with van der Waals surface area (Å²) >= 11 is 1.47. The number of aliphatic hydroxyl groups is 1. The lowest BCUT2D eigenvalue weighted by atomic mass is 10.3. The fraction of sp³-hybridized carbons (Fsp3) is 0.600. The highest BCUT2D eigenvalue weighted by molar-refractivity contribution is 7.09. The maximum absolute atomic E-state index is 8.86. The van der Waals surface area contributed by atoms with Gasteiger partial charge in [-0.05, 0) is 6.92 Å². The number of rotatable bonds is 2. The number of hydrogen-bond donors (Lipinski definition) is 1. The highest BCUT2D eigenvalue weighted by atomic mass is 32.1. The lowest BCUT2D eigenvalue weighted by molar-refractivity contribution is 0.195. The van der Waals surface area contributed by atoms with E-state index in [1.165, 1.54) is 11.3 Å². The third-order valence-corrected chi connectivity index (χ3v) is 1.60. The molecule has 50 valence electrons. The minimum absolute atomic E-state index is 0.307. The summed E-state index contributed by atoms with van der Waals surface area (Å²) in [6.45, 7) is 1.74. The van der Waals surface area contributed by atoms with Crippen molar-refractivity contribution >= 4 is 11.3 Å². The number of aliphatic hydroxyl groups excluding tert-OH is 1. The molecule has 0 aromatic carbocycles. The molecule has 0 aliphatic heterocycles. The highest BCUT2D eigenvalue weighted by Gasteiger charge is 2.00. The molecule has 1 aromatic heterocycles. The molecular weight excluding hydrogens is 136 g/mol. The average molecular weight is 144 g/mol. The molecular formula is C5H8N2OS. The molecule has 0 spiro atoms. The molecule has 1 unspecified atom stereocenters. The van der Waals surface area contributed by atoms with Gasteiger partial charge in [0.25, 0.3) is 0 Å². The van der Waals surface area contributed by atoms with Crippen molar-refractivity contribution in [1.29, 1.82) is 0 Å². The Hall–Kier alpha value is -0.480. The summed E-state index contributed by atoms with van der Waals surface area (Å²) in [4.78, 5) is 0. The van der Waals surface area contributed by atoms with Crippen LogP contribution in [0.5, 0.6) is 0 Å². The third-order valence-electron chi connectivity index (χ3n) is 0.875. The molecule has 0 aliphatic carbocycles. The zero-order chi connectivity index (χ0) is 6.69. The zero-order valence-electron chi connectivity index (χ0n) is 5.11. The lowest BCUT2D eigenvalue weighted by Gasteiger charge is -1.95. The van der Waals surface area contributed by atoms with Gasteiger partial charge in [-0.15, -0.1) is 21.5 Å². The van der Waals surface area contributed by atoms with Gasteiger partial charge >= 0.3 is 0 Å². The fourth-order valence-corrected chi connectivity index (χ4v) is 1.19. The zero-order valence-corrected chi connectivity index (χ0v) is 5.93. The summed E-state index contributed by atoms with van der Waals surface area (Å²) in [7, 11) is 0. The van der Waals surface area contributed by atoms with E-state index in [4.69, 9.17) is 5.11 Å². The molecule has 1 rings (SSSR count). The van der Waals surface area contributed by atoms with Crippen molar-refractivity contribution in [2.75, 3.05) is 0 Å². The van der Waals surface area contributed by atoms with Crippen molar-refractivity contribution in [2.24, 2.45) is 0 Å². The van der Waals surface area contributed by atoms with Gasteiger partial charge in [0, 0.05) is 6.42 Å². The first-order valence-corrected chi connectivity index (χ1v) is 3.60. The Labute approximate surface area is 57.4 Å². The van der Waals surface area contributed by atoms with E-state index >= 15 is 0 Å². The fourth-order valence-electron chi connectivity index (χ4n) is 0.538. The molecule has 0 saturated carbocycles. The summed E-state index contributed by atoms with van der Waals surface area (Å²) in [5, 5.41) is 17.2. The Morgan fingerprint density at radius 3 is 3.11 bits per heavy atom. The van der Waals surface area contributed by atoms with Crippen molar-refractivity contribution < 1.29 is 5.11 Å². The van der Waals surface area contributed by atoms with Crippen LogP contribution in [0, 0.1) is 0 Å². The molecule has 0 fully saturated rings. The standard InChI is InChI=1S/C5H8N2OS/c1-4(8)2-5-7-6-3-9-5/h3-4,8H,2H2,1H3. The lowest BCUT2D eigenvalue weighted by Crippen LogP contribution is -2.03. The molecule has 1 heterocycles. The Kier molecular flexibility index (Phi) is 2.13. The summed E-state index contributed by atoms with van der Waals surface area (Å²) < 4.78 is 0. The van der Waals surface area contributed by atoms with Crippen molar-refractivity contribution in [2.45, 2.75) is 19.4 Å². The van der Waals surface area contributed by atoms with Crippen LogP contribution in [-0.2, 0) is 6.42 Å². The minimum atomic E-state index is -0.307. The van der Waals surface area contributed by atoms with Crippen LogP contribution in [0.15, 0.2) is 5.51 Å². The molecule has 9 heavy (non-hydrogen) atoms. The van der Waals surface area contributed by atoms with Crippen LogP contribution in [0.25, 0.3) is 0 Å². The van der Waals surface area contributed by atoms with Crippen LogP contribution in [0.2, 0.25) is 0 Å². The van der Waals surface area contributed by atoms with Crippen molar-refractivity contribution in [3.8, 4) is 0 Å². The predicted molar refractivity (Wildman–Crippen MR) is 35.3 cm³/mol. The van der Waals surface area contributed by atoms with Crippen molar-refractivity contribution in [1.82, 2.24) is 10.2 Å². The normalized spacial score (nSPS) is 13.6. The summed E-state index contributed by atoms with van der Waals surface area (Å²) in [5.41, 5.74) is 1.66. The number of hydrogen-bond acceptors (Lipinski definition) is 4. The van der Waals surface area contributed by atoms with Crippen LogP contribution < -0.4 is 0 Å². The van der Waals surface area contributed by atoms with Crippen LogP contribution in [0.3, 0.4) is 0 Å². The molecule has 0 bridgehead atoms. The van der Waals surface area contributed by atoms with E-state index in [9.17, 15) is 0 Å². The van der Waals surface area contributed by atoms with Crippen LogP contribution >= 0.6 is 11.3 Å². The van der Waals surface area contributed by atoms with Crippen LogP contribution in [0.1, 0.15) is 11.9 Å². The molecule has 0 radical (unpaired) electrons. The average Bonchev–Trinajstić information content (AvgIpc) is 2.15. The Morgan fingerprint density at radius 1 is 1.89 bits per heavy atom. The van der Waals surface area contributed by atoms with E-state index in [-0.39, 0.29) is 6.10 Å². The van der Waals surface area contributed by atoms with Gasteiger partial charge in [0.15, 0.2) is 0 Å². The maximum Gasteiger partial charge on any atom is 0.119 e. The van der Waals surface area contributed by atoms with E-state index in [0.29, 0.717) is 6.42 Å². The number of nitrogens with zero attached hydrogens (tertiary/aromatic N) is 2. The molecule has 4 heteroatoms. The first kappa shape index (κ1) is 6.64. The van der Waals surface area contributed by atoms with E-state index in [0.717, 1.165) is 5.01 Å². The molecule has 1 aromatic rings. The second-order valence-corrected chi connectivity index (χ2v) is 2.80. The molecule has 1 atom stereocenters. The summed E-state index contributed by atoms with van der Waals surface area (Å²) in [6, 6.07) is 0. The minimum Gasteiger partial charge on any atom is -0.393 e. The topological polar surface area (TPSA) is 46.0 Å². The first-order chi connectivity index (χ1) is 4.29. The maximum atomic E-state index is 8.86. The van der Waals surface area contributed by atoms with E-state index in [1.807, 2.05) is 0 Å². The van der Waals surface area contributed by atoms with Gasteiger partial charge in [0.2, 0.25) is 0 Å². The highest BCUT2D eigenvalue weighted by Crippen LogP contribution is 2.03. The second kappa shape index (κ2) is 2.89. The second-order valence-electron chi connectivity index (χ2n) is 1.89. The summed E-state index contributed by atoms with van der Waals surface area (Å²) in [5.74, 6) is 0. The number of aromatic nitrogens is 2. The van der Waals surface area contributed by atoms with Gasteiger partial charge in [-0.3, -0.25) is 0 Å². The third kappa shape index (κ3) is 2.07. The Bertz CT molecular complexity index is 161. The van der Waals surface area contributed by atoms with Gasteiger partial charge in [-0.2, -0.15) is 0 Å². The van der Waals surface area contributed by atoms with Gasteiger partial charge in [0.05, 0.1) is 6.10 Å². The van der Waals surface area contributed by atoms with Gasteiger partial charge in [-0.25, -0.2) is 0 Å². The van der Waals surface area contributed by atoms with Gasteiger partial charge in [-0.1, -0.05) is 0 Å². The quantitative estimate of drug-likeness (QED) is 0.656. The first-order valence-electron chi connectivity index (χ1n) is 2.72. The Balaban J connectivity index is 2.48. The smallest absolute Gasteiger partial charge is 0.119 e. The largest absolute Gasteiger partial charge is 0.393 e. The molecule has 1 N–H and O–H groups in total. The summed E-state index contributed by atoms with van der Waals surface area (Å²) in [6.07, 6.45) is 0.308. The molecule has 0 amide bonds. The molecule has 0 saturated heterocycles. The monoisotopic (exact) mass is 144 g/mol. The van der Waals surface area contributed by atoms with Crippen molar-refractivity contribution in [3.63, 3.8) is 0 Å². The van der Waals surface area contributed by atoms with Crippen LogP contribution in [0.4, 0.5) is 0 Å². The Morgan fingerprint density at radius 2 is 2.67 bits per heavy atom. The van der Waals surface area contributed by atoms with E-state index < -0.39 is 0 Å². The van der Waals surface area contributed by atoms with Crippen LogP contribution in [-0.4, -0.2) is 21.4 Å². The molecule has 0 aliphatic rings. The molecule has 3 nitrogen and oxygen atoms in total. The van der Waals surface area contributed by atoms with Crippen molar-refractivity contribution in [3.05, 3.63) is 10.5 Å².